The number of rotatable bonds is 6. The summed E-state index contributed by atoms with van der Waals surface area (Å²) < 4.78 is 0. The van der Waals surface area contributed by atoms with Gasteiger partial charge in [-0.1, -0.05) is 31.9 Å². The van der Waals surface area contributed by atoms with E-state index in [1.54, 1.807) is 0 Å². The van der Waals surface area contributed by atoms with Gasteiger partial charge in [-0.2, -0.15) is 0 Å². The number of aliphatic imine (C=N–C) groups is 1. The van der Waals surface area contributed by atoms with Crippen LogP contribution in [0.2, 0.25) is 0 Å². The maximum absolute atomic E-state index is 5.80. The summed E-state index contributed by atoms with van der Waals surface area (Å²) >= 11 is 0. The van der Waals surface area contributed by atoms with Crippen LogP contribution in [0.15, 0.2) is 17.1 Å². The molecule has 17 heavy (non-hydrogen) atoms. The summed E-state index contributed by atoms with van der Waals surface area (Å²) in [6, 6.07) is 0. The summed E-state index contributed by atoms with van der Waals surface area (Å²) in [6.07, 6.45) is 6.52. The third kappa shape index (κ3) is 5.75. The standard InChI is InChI=1S/C13H25N3.HI/c1-4-6-13(7-5-8-13)10-16-12(14)15-9-11(2)3;/h2,4-10H2,1,3H3,(H3,14,15,16);1H. The molecule has 0 radical (unpaired) electrons. The number of nitrogens with two attached hydrogens (primary N) is 1. The normalized spacial score (nSPS) is 17.9. The molecule has 0 spiro atoms. The molecule has 0 bridgehead atoms. The lowest BCUT2D eigenvalue weighted by atomic mass is 9.66. The maximum Gasteiger partial charge on any atom is 0.188 e. The Morgan fingerprint density at radius 3 is 2.53 bits per heavy atom. The van der Waals surface area contributed by atoms with Crippen LogP contribution in [0.25, 0.3) is 0 Å². The highest BCUT2D eigenvalue weighted by Gasteiger charge is 2.35. The smallest absolute Gasteiger partial charge is 0.188 e. The molecular weight excluding hydrogens is 325 g/mol. The van der Waals surface area contributed by atoms with Gasteiger partial charge in [-0.25, -0.2) is 0 Å². The van der Waals surface area contributed by atoms with Crippen LogP contribution < -0.4 is 11.1 Å². The molecule has 0 atom stereocenters. The van der Waals surface area contributed by atoms with Crippen LogP contribution >= 0.6 is 24.0 Å². The van der Waals surface area contributed by atoms with E-state index in [-0.39, 0.29) is 24.0 Å². The highest BCUT2D eigenvalue weighted by molar-refractivity contribution is 14.0. The van der Waals surface area contributed by atoms with E-state index in [9.17, 15) is 0 Å². The van der Waals surface area contributed by atoms with Gasteiger partial charge in [0.15, 0.2) is 5.96 Å². The van der Waals surface area contributed by atoms with Crippen LogP contribution in [-0.2, 0) is 0 Å². The van der Waals surface area contributed by atoms with Gasteiger partial charge >= 0.3 is 0 Å². The van der Waals surface area contributed by atoms with E-state index in [4.69, 9.17) is 5.73 Å². The topological polar surface area (TPSA) is 50.4 Å². The van der Waals surface area contributed by atoms with Crippen molar-refractivity contribution in [3.05, 3.63) is 12.2 Å². The lowest BCUT2D eigenvalue weighted by Gasteiger charge is -2.40. The molecule has 3 nitrogen and oxygen atoms in total. The highest BCUT2D eigenvalue weighted by Crippen LogP contribution is 2.44. The van der Waals surface area contributed by atoms with Gasteiger partial charge in [0.1, 0.15) is 0 Å². The van der Waals surface area contributed by atoms with Crippen LogP contribution in [0.5, 0.6) is 0 Å². The fraction of sp³-hybridized carbons (Fsp3) is 0.769. The maximum atomic E-state index is 5.80. The Morgan fingerprint density at radius 1 is 1.47 bits per heavy atom. The van der Waals surface area contributed by atoms with Crippen molar-refractivity contribution >= 4 is 29.9 Å². The minimum absolute atomic E-state index is 0. The molecule has 0 amide bonds. The minimum atomic E-state index is 0. The fourth-order valence-electron chi connectivity index (χ4n) is 2.24. The van der Waals surface area contributed by atoms with E-state index < -0.39 is 0 Å². The molecular formula is C13H26IN3. The zero-order valence-corrected chi connectivity index (χ0v) is 13.4. The fourth-order valence-corrected chi connectivity index (χ4v) is 2.24. The van der Waals surface area contributed by atoms with Gasteiger partial charge in [0.25, 0.3) is 0 Å². The molecule has 1 rings (SSSR count). The van der Waals surface area contributed by atoms with Gasteiger partial charge in [0.05, 0.1) is 0 Å². The average Bonchev–Trinajstić information content (AvgIpc) is 2.18. The van der Waals surface area contributed by atoms with Crippen LogP contribution in [0.1, 0.15) is 46.0 Å². The van der Waals surface area contributed by atoms with E-state index in [2.05, 4.69) is 23.8 Å². The average molecular weight is 351 g/mol. The van der Waals surface area contributed by atoms with Crippen LogP contribution in [0, 0.1) is 5.41 Å². The number of nitrogens with one attached hydrogen (secondary N) is 1. The second kappa shape index (κ2) is 7.95. The number of hydrogen-bond donors (Lipinski definition) is 2. The number of halogens is 1. The lowest BCUT2D eigenvalue weighted by molar-refractivity contribution is 0.130. The Kier molecular flexibility index (Phi) is 7.83. The Balaban J connectivity index is 0.00000256. The van der Waals surface area contributed by atoms with E-state index in [0.717, 1.165) is 18.7 Å². The summed E-state index contributed by atoms with van der Waals surface area (Å²) in [6.45, 7) is 9.64. The van der Waals surface area contributed by atoms with Crippen molar-refractivity contribution in [1.82, 2.24) is 5.32 Å². The molecule has 0 aromatic heterocycles. The third-order valence-corrected chi connectivity index (χ3v) is 3.35. The monoisotopic (exact) mass is 351 g/mol. The Morgan fingerprint density at radius 2 is 2.12 bits per heavy atom. The van der Waals surface area contributed by atoms with Crippen LogP contribution in [-0.4, -0.2) is 19.0 Å². The van der Waals surface area contributed by atoms with Gasteiger partial charge in [-0.05, 0) is 31.6 Å². The molecule has 0 aromatic carbocycles. The van der Waals surface area contributed by atoms with E-state index in [0.29, 0.717) is 11.4 Å². The molecule has 0 unspecified atom stereocenters. The third-order valence-electron chi connectivity index (χ3n) is 3.35. The quantitative estimate of drug-likeness (QED) is 0.334. The van der Waals surface area contributed by atoms with Crippen molar-refractivity contribution in [2.75, 3.05) is 13.1 Å². The summed E-state index contributed by atoms with van der Waals surface area (Å²) in [5.41, 5.74) is 7.34. The van der Waals surface area contributed by atoms with Crippen LogP contribution in [0.3, 0.4) is 0 Å². The minimum Gasteiger partial charge on any atom is -0.370 e. The molecule has 0 aromatic rings. The first kappa shape index (κ1) is 16.7. The molecule has 100 valence electrons. The van der Waals surface area contributed by atoms with Crippen molar-refractivity contribution < 1.29 is 0 Å². The second-order valence-electron chi connectivity index (χ2n) is 5.12. The van der Waals surface area contributed by atoms with Gasteiger partial charge in [0.2, 0.25) is 0 Å². The Bertz CT molecular complexity index is 270. The van der Waals surface area contributed by atoms with Crippen molar-refractivity contribution in [3.8, 4) is 0 Å². The van der Waals surface area contributed by atoms with Crippen LogP contribution in [0.4, 0.5) is 0 Å². The van der Waals surface area contributed by atoms with Crippen molar-refractivity contribution in [2.45, 2.75) is 46.0 Å². The second-order valence-corrected chi connectivity index (χ2v) is 5.12. The van der Waals surface area contributed by atoms with E-state index >= 15 is 0 Å². The predicted octanol–water partition coefficient (Wildman–Crippen LogP) is 3.06. The number of guanidine groups is 1. The summed E-state index contributed by atoms with van der Waals surface area (Å²) in [5.74, 6) is 0.561. The van der Waals surface area contributed by atoms with E-state index in [1.165, 1.54) is 32.1 Å². The molecule has 1 saturated carbocycles. The van der Waals surface area contributed by atoms with Crippen molar-refractivity contribution in [2.24, 2.45) is 16.1 Å². The van der Waals surface area contributed by atoms with Gasteiger partial charge in [-0.15, -0.1) is 24.0 Å². The molecule has 0 heterocycles. The zero-order chi connectivity index (χ0) is 12.0. The first-order chi connectivity index (χ1) is 7.58. The Labute approximate surface area is 122 Å². The predicted molar refractivity (Wildman–Crippen MR) is 85.9 cm³/mol. The zero-order valence-electron chi connectivity index (χ0n) is 11.1. The highest BCUT2D eigenvalue weighted by atomic mass is 127. The summed E-state index contributed by atoms with van der Waals surface area (Å²) in [4.78, 5) is 4.45. The molecule has 1 aliphatic rings. The largest absolute Gasteiger partial charge is 0.370 e. The number of hydrogen-bond acceptors (Lipinski definition) is 1. The van der Waals surface area contributed by atoms with E-state index in [1.807, 2.05) is 6.92 Å². The molecule has 0 aliphatic heterocycles. The van der Waals surface area contributed by atoms with Crippen molar-refractivity contribution in [3.63, 3.8) is 0 Å². The molecule has 4 heteroatoms. The number of nitrogens with zero attached hydrogens (tertiary/aromatic N) is 1. The molecule has 3 N–H and O–H groups in total. The molecule has 1 fully saturated rings. The lowest BCUT2D eigenvalue weighted by Crippen LogP contribution is -2.37. The van der Waals surface area contributed by atoms with Crippen molar-refractivity contribution in [1.29, 1.82) is 0 Å². The van der Waals surface area contributed by atoms with Gasteiger partial charge in [-0.3, -0.25) is 4.99 Å². The summed E-state index contributed by atoms with van der Waals surface area (Å²) in [5, 5.41) is 3.07. The summed E-state index contributed by atoms with van der Waals surface area (Å²) in [7, 11) is 0. The molecule has 0 saturated heterocycles. The Hall–Kier alpha value is -0.260. The first-order valence-electron chi connectivity index (χ1n) is 6.26. The van der Waals surface area contributed by atoms with Gasteiger partial charge < -0.3 is 11.1 Å². The molecule has 1 aliphatic carbocycles. The SMILES string of the molecule is C=C(C)CNC(N)=NCC1(CCC)CCC1.I. The first-order valence-corrected chi connectivity index (χ1v) is 6.26. The van der Waals surface area contributed by atoms with Gasteiger partial charge in [0, 0.05) is 13.1 Å².